The number of ketones is 1. The fourth-order valence-electron chi connectivity index (χ4n) is 2.11. The topological polar surface area (TPSA) is 17.1 Å². The number of alkyl halides is 3. The van der Waals surface area contributed by atoms with E-state index in [9.17, 15) is 18.0 Å². The molecule has 2 rings (SSSR count). The van der Waals surface area contributed by atoms with Crippen LogP contribution in [0.4, 0.5) is 13.2 Å². The van der Waals surface area contributed by atoms with Crippen LogP contribution in [0, 0.1) is 5.92 Å². The Bertz CT molecular complexity index is 409. The molecule has 0 saturated heterocycles. The Morgan fingerprint density at radius 1 is 1.19 bits per heavy atom. The maximum Gasteiger partial charge on any atom is 0.398 e. The minimum absolute atomic E-state index is 0.100. The average molecular weight is 228 g/mol. The highest BCUT2D eigenvalue weighted by molar-refractivity contribution is 5.99. The summed E-state index contributed by atoms with van der Waals surface area (Å²) >= 11 is 0. The van der Waals surface area contributed by atoms with E-state index in [1.165, 1.54) is 6.07 Å². The first kappa shape index (κ1) is 11.2. The third kappa shape index (κ3) is 1.96. The molecule has 0 fully saturated rings. The molecular weight excluding hydrogens is 217 g/mol. The lowest BCUT2D eigenvalue weighted by atomic mass is 9.95. The van der Waals surface area contributed by atoms with Crippen LogP contribution in [0.3, 0.4) is 0 Å². The lowest BCUT2D eigenvalue weighted by molar-refractivity contribution is -0.162. The predicted octanol–water partition coefficient (Wildman–Crippen LogP) is 3.38. The average Bonchev–Trinajstić information content (AvgIpc) is 2.38. The summed E-state index contributed by atoms with van der Waals surface area (Å²) in [7, 11) is 0. The monoisotopic (exact) mass is 228 g/mol. The van der Waals surface area contributed by atoms with Crippen molar-refractivity contribution < 1.29 is 18.0 Å². The molecule has 1 aliphatic carbocycles. The summed E-state index contributed by atoms with van der Waals surface area (Å²) < 4.78 is 37.9. The maximum atomic E-state index is 12.6. The first-order valence-electron chi connectivity index (χ1n) is 5.19. The van der Waals surface area contributed by atoms with E-state index in [0.29, 0.717) is 12.8 Å². The van der Waals surface area contributed by atoms with E-state index in [2.05, 4.69) is 0 Å². The number of fused-ring (bicyclic) bond motifs is 1. The van der Waals surface area contributed by atoms with Crippen LogP contribution in [0.1, 0.15) is 28.8 Å². The Kier molecular flexibility index (Phi) is 2.74. The maximum absolute atomic E-state index is 12.6. The van der Waals surface area contributed by atoms with E-state index in [0.717, 1.165) is 5.56 Å². The third-order valence-electron chi connectivity index (χ3n) is 2.93. The second-order valence-corrected chi connectivity index (χ2v) is 4.01. The van der Waals surface area contributed by atoms with Crippen LogP contribution in [0.15, 0.2) is 24.3 Å². The largest absolute Gasteiger partial charge is 0.398 e. The van der Waals surface area contributed by atoms with Gasteiger partial charge < -0.3 is 0 Å². The van der Waals surface area contributed by atoms with Crippen molar-refractivity contribution >= 4 is 5.78 Å². The summed E-state index contributed by atoms with van der Waals surface area (Å²) in [6.07, 6.45) is -3.56. The lowest BCUT2D eigenvalue weighted by Crippen LogP contribution is -2.30. The van der Waals surface area contributed by atoms with Crippen molar-refractivity contribution in [2.24, 2.45) is 5.92 Å². The van der Waals surface area contributed by atoms with E-state index in [1.807, 2.05) is 0 Å². The number of rotatable bonds is 0. The number of hydrogen-bond donors (Lipinski definition) is 0. The highest BCUT2D eigenvalue weighted by Gasteiger charge is 2.45. The number of aryl methyl sites for hydroxylation is 1. The van der Waals surface area contributed by atoms with Gasteiger partial charge in [0.1, 0.15) is 5.92 Å². The van der Waals surface area contributed by atoms with Crippen molar-refractivity contribution in [1.82, 2.24) is 0 Å². The van der Waals surface area contributed by atoms with Gasteiger partial charge in [-0.15, -0.1) is 0 Å². The summed E-state index contributed by atoms with van der Waals surface area (Å²) in [5.74, 6) is -2.60. The number of carbonyl (C=O) groups excluding carboxylic acids is 1. The fraction of sp³-hybridized carbons (Fsp3) is 0.417. The second kappa shape index (κ2) is 3.92. The number of halogens is 3. The Morgan fingerprint density at radius 2 is 1.88 bits per heavy atom. The standard InChI is InChI=1S/C12H11F3O/c13-12(14,15)10-7-3-5-8-4-1-2-6-9(8)11(10)16/h1-2,4,6,10H,3,5,7H2. The molecule has 0 aromatic heterocycles. The van der Waals surface area contributed by atoms with Crippen LogP contribution in [-0.4, -0.2) is 12.0 Å². The van der Waals surface area contributed by atoms with Crippen molar-refractivity contribution in [2.45, 2.75) is 25.4 Å². The van der Waals surface area contributed by atoms with Crippen LogP contribution in [0.25, 0.3) is 0 Å². The molecule has 1 atom stereocenters. The second-order valence-electron chi connectivity index (χ2n) is 4.01. The molecule has 4 heteroatoms. The molecule has 1 nitrogen and oxygen atoms in total. The summed E-state index contributed by atoms with van der Waals surface area (Å²) in [6.45, 7) is 0. The van der Waals surface area contributed by atoms with Crippen LogP contribution >= 0.6 is 0 Å². The fourth-order valence-corrected chi connectivity index (χ4v) is 2.11. The van der Waals surface area contributed by atoms with Gasteiger partial charge in [-0.25, -0.2) is 0 Å². The number of carbonyl (C=O) groups is 1. The van der Waals surface area contributed by atoms with E-state index in [4.69, 9.17) is 0 Å². The number of Topliss-reactive ketones (excluding diaryl/α,β-unsaturated/α-hetero) is 1. The molecule has 0 N–H and O–H groups in total. The van der Waals surface area contributed by atoms with Crippen LogP contribution < -0.4 is 0 Å². The Labute approximate surface area is 91.3 Å². The van der Waals surface area contributed by atoms with Gasteiger partial charge in [0.2, 0.25) is 0 Å². The quantitative estimate of drug-likeness (QED) is 0.622. The van der Waals surface area contributed by atoms with E-state index >= 15 is 0 Å². The SMILES string of the molecule is O=C1c2ccccc2CCCC1C(F)(F)F. The van der Waals surface area contributed by atoms with Gasteiger partial charge in [-0.3, -0.25) is 4.79 Å². The Hall–Kier alpha value is -1.32. The number of benzene rings is 1. The molecule has 16 heavy (non-hydrogen) atoms. The van der Waals surface area contributed by atoms with E-state index in [1.54, 1.807) is 18.2 Å². The molecule has 0 spiro atoms. The molecule has 0 amide bonds. The Balaban J connectivity index is 2.41. The van der Waals surface area contributed by atoms with Crippen LogP contribution in [0.5, 0.6) is 0 Å². The zero-order valence-corrected chi connectivity index (χ0v) is 8.55. The molecule has 1 aliphatic rings. The van der Waals surface area contributed by atoms with Gasteiger partial charge in [0, 0.05) is 5.56 Å². The molecule has 0 aliphatic heterocycles. The van der Waals surface area contributed by atoms with Gasteiger partial charge in [0.25, 0.3) is 0 Å². The molecule has 0 heterocycles. The zero-order valence-electron chi connectivity index (χ0n) is 8.55. The highest BCUT2D eigenvalue weighted by Crippen LogP contribution is 2.35. The predicted molar refractivity (Wildman–Crippen MR) is 53.3 cm³/mol. The third-order valence-corrected chi connectivity index (χ3v) is 2.93. The van der Waals surface area contributed by atoms with Gasteiger partial charge in [-0.1, -0.05) is 24.3 Å². The summed E-state index contributed by atoms with van der Waals surface area (Å²) in [5, 5.41) is 0. The molecular formula is C12H11F3O. The van der Waals surface area contributed by atoms with Gasteiger partial charge in [-0.05, 0) is 24.8 Å². The van der Waals surface area contributed by atoms with E-state index in [-0.39, 0.29) is 12.0 Å². The van der Waals surface area contributed by atoms with Gasteiger partial charge in [0.05, 0.1) is 0 Å². The van der Waals surface area contributed by atoms with Gasteiger partial charge in [0.15, 0.2) is 5.78 Å². The van der Waals surface area contributed by atoms with Crippen molar-refractivity contribution in [3.8, 4) is 0 Å². The molecule has 0 saturated carbocycles. The van der Waals surface area contributed by atoms with Crippen LogP contribution in [0.2, 0.25) is 0 Å². The first-order valence-corrected chi connectivity index (χ1v) is 5.19. The van der Waals surface area contributed by atoms with Crippen molar-refractivity contribution in [3.05, 3.63) is 35.4 Å². The normalized spacial score (nSPS) is 21.4. The lowest BCUT2D eigenvalue weighted by Gasteiger charge is -2.16. The smallest absolute Gasteiger partial charge is 0.293 e. The van der Waals surface area contributed by atoms with E-state index < -0.39 is 17.9 Å². The molecule has 86 valence electrons. The molecule has 0 bridgehead atoms. The minimum atomic E-state index is -4.42. The molecule has 1 aromatic rings. The highest BCUT2D eigenvalue weighted by atomic mass is 19.4. The zero-order chi connectivity index (χ0) is 11.8. The van der Waals surface area contributed by atoms with Crippen molar-refractivity contribution in [1.29, 1.82) is 0 Å². The van der Waals surface area contributed by atoms with Gasteiger partial charge >= 0.3 is 6.18 Å². The molecule has 0 radical (unpaired) electrons. The Morgan fingerprint density at radius 3 is 2.56 bits per heavy atom. The minimum Gasteiger partial charge on any atom is -0.293 e. The van der Waals surface area contributed by atoms with Crippen molar-refractivity contribution in [3.63, 3.8) is 0 Å². The first-order chi connectivity index (χ1) is 7.50. The summed E-state index contributed by atoms with van der Waals surface area (Å²) in [6, 6.07) is 6.57. The summed E-state index contributed by atoms with van der Waals surface area (Å²) in [5.41, 5.74) is 0.974. The van der Waals surface area contributed by atoms with Gasteiger partial charge in [-0.2, -0.15) is 13.2 Å². The number of hydrogen-bond acceptors (Lipinski definition) is 1. The van der Waals surface area contributed by atoms with Crippen molar-refractivity contribution in [2.75, 3.05) is 0 Å². The molecule has 1 aromatic carbocycles. The van der Waals surface area contributed by atoms with Crippen LogP contribution in [-0.2, 0) is 6.42 Å². The molecule has 1 unspecified atom stereocenters. The summed E-state index contributed by atoms with van der Waals surface area (Å²) in [4.78, 5) is 11.8.